The number of carbonyl (C=O) groups is 1. The third-order valence-electron chi connectivity index (χ3n) is 5.56. The molecule has 0 saturated heterocycles. The number of ether oxygens (including phenoxy) is 1. The van der Waals surface area contributed by atoms with Crippen LogP contribution < -0.4 is 15.2 Å². The molecular formula is C26H29N7O4S. The number of anilines is 1. The van der Waals surface area contributed by atoms with Gasteiger partial charge in [0.15, 0.2) is 5.82 Å². The minimum atomic E-state index is -4.42. The summed E-state index contributed by atoms with van der Waals surface area (Å²) in [5.74, 6) is -0.428. The second-order valence-electron chi connectivity index (χ2n) is 9.41. The first kappa shape index (κ1) is 26.7. The molecule has 4 aromatic rings. The SMILES string of the molecule is Cc1cc(C)c(Oc2nc(-c3cnn(CC(C)C)c3)ccc2C(=O)NS(=O)(=O)c2nccnc2N)c(C)c1. The van der Waals surface area contributed by atoms with Gasteiger partial charge in [0.05, 0.1) is 11.9 Å². The minimum Gasteiger partial charge on any atom is -0.438 e. The lowest BCUT2D eigenvalue weighted by Gasteiger charge is -2.16. The van der Waals surface area contributed by atoms with Crippen molar-refractivity contribution >= 4 is 21.7 Å². The van der Waals surface area contributed by atoms with Crippen LogP contribution in [-0.4, -0.2) is 39.1 Å². The van der Waals surface area contributed by atoms with Crippen LogP contribution in [0, 0.1) is 26.7 Å². The van der Waals surface area contributed by atoms with Crippen molar-refractivity contribution in [1.82, 2.24) is 29.5 Å². The number of carbonyl (C=O) groups excluding carboxylic acids is 1. The van der Waals surface area contributed by atoms with Crippen LogP contribution in [-0.2, 0) is 16.6 Å². The lowest BCUT2D eigenvalue weighted by Crippen LogP contribution is -2.32. The smallest absolute Gasteiger partial charge is 0.285 e. The van der Waals surface area contributed by atoms with Gasteiger partial charge in [0.2, 0.25) is 10.9 Å². The molecule has 0 aliphatic rings. The minimum absolute atomic E-state index is 0.0611. The zero-order chi connectivity index (χ0) is 27.6. The molecule has 11 nitrogen and oxygen atoms in total. The predicted octanol–water partition coefficient (Wildman–Crippen LogP) is 3.81. The number of rotatable bonds is 8. The highest BCUT2D eigenvalue weighted by Crippen LogP contribution is 2.32. The molecule has 0 atom stereocenters. The fourth-order valence-corrected chi connectivity index (χ4v) is 4.99. The van der Waals surface area contributed by atoms with Crippen LogP contribution in [0.2, 0.25) is 0 Å². The number of hydrogen-bond acceptors (Lipinski definition) is 9. The molecule has 3 heterocycles. The average molecular weight is 536 g/mol. The number of benzene rings is 1. The molecule has 4 rings (SSSR count). The normalized spacial score (nSPS) is 11.5. The van der Waals surface area contributed by atoms with Crippen LogP contribution >= 0.6 is 0 Å². The van der Waals surface area contributed by atoms with Gasteiger partial charge >= 0.3 is 0 Å². The second kappa shape index (κ2) is 10.6. The number of nitrogens with two attached hydrogens (primary N) is 1. The molecule has 0 fully saturated rings. The third kappa shape index (κ3) is 5.80. The first-order chi connectivity index (χ1) is 17.9. The van der Waals surface area contributed by atoms with Crippen molar-refractivity contribution in [2.75, 3.05) is 5.73 Å². The van der Waals surface area contributed by atoms with Crippen molar-refractivity contribution in [3.63, 3.8) is 0 Å². The van der Waals surface area contributed by atoms with E-state index in [0.29, 0.717) is 17.4 Å². The number of hydrogen-bond donors (Lipinski definition) is 2. The van der Waals surface area contributed by atoms with Crippen molar-refractivity contribution in [2.45, 2.75) is 46.2 Å². The Kier molecular flexibility index (Phi) is 7.44. The summed E-state index contributed by atoms with van der Waals surface area (Å²) < 4.78 is 35.7. The number of nitrogens with zero attached hydrogens (tertiary/aromatic N) is 5. The molecule has 1 aromatic carbocycles. The molecule has 0 bridgehead atoms. The van der Waals surface area contributed by atoms with Crippen molar-refractivity contribution in [2.24, 2.45) is 5.92 Å². The Balaban J connectivity index is 1.76. The largest absolute Gasteiger partial charge is 0.438 e. The summed E-state index contributed by atoms with van der Waals surface area (Å²) in [4.78, 5) is 25.3. The van der Waals surface area contributed by atoms with Crippen LogP contribution in [0.25, 0.3) is 11.3 Å². The lowest BCUT2D eigenvalue weighted by molar-refractivity contribution is 0.0978. The van der Waals surface area contributed by atoms with Crippen LogP contribution in [0.15, 0.2) is 54.1 Å². The Hall–Kier alpha value is -4.32. The maximum atomic E-state index is 13.2. The van der Waals surface area contributed by atoms with E-state index in [1.54, 1.807) is 12.3 Å². The maximum Gasteiger partial charge on any atom is 0.285 e. The van der Waals surface area contributed by atoms with E-state index in [1.165, 1.54) is 18.5 Å². The van der Waals surface area contributed by atoms with E-state index in [4.69, 9.17) is 10.5 Å². The Labute approximate surface area is 221 Å². The summed E-state index contributed by atoms with van der Waals surface area (Å²) in [7, 11) is -4.42. The number of nitrogen functional groups attached to an aromatic ring is 1. The van der Waals surface area contributed by atoms with E-state index in [2.05, 4.69) is 33.9 Å². The van der Waals surface area contributed by atoms with Crippen LogP contribution in [0.5, 0.6) is 11.6 Å². The average Bonchev–Trinajstić information content (AvgIpc) is 3.29. The second-order valence-corrected chi connectivity index (χ2v) is 11.0. The fraction of sp³-hybridized carbons (Fsp3) is 0.269. The molecule has 0 aliphatic carbocycles. The fourth-order valence-electron chi connectivity index (χ4n) is 4.01. The van der Waals surface area contributed by atoms with Gasteiger partial charge in [0.1, 0.15) is 11.3 Å². The Morgan fingerprint density at radius 2 is 1.79 bits per heavy atom. The van der Waals surface area contributed by atoms with Crippen molar-refractivity contribution in [3.8, 4) is 22.9 Å². The molecule has 1 amide bonds. The summed E-state index contributed by atoms with van der Waals surface area (Å²) in [5, 5.41) is 3.83. The van der Waals surface area contributed by atoms with E-state index in [1.807, 2.05) is 48.5 Å². The highest BCUT2D eigenvalue weighted by Gasteiger charge is 2.26. The molecule has 0 aliphatic heterocycles. The van der Waals surface area contributed by atoms with Crippen molar-refractivity contribution in [3.05, 3.63) is 71.3 Å². The van der Waals surface area contributed by atoms with Crippen LogP contribution in [0.1, 0.15) is 40.9 Å². The van der Waals surface area contributed by atoms with Gasteiger partial charge in [-0.05, 0) is 49.9 Å². The number of nitrogens with one attached hydrogen (secondary N) is 1. The molecule has 198 valence electrons. The van der Waals surface area contributed by atoms with Gasteiger partial charge in [0.25, 0.3) is 15.9 Å². The zero-order valence-electron chi connectivity index (χ0n) is 21.8. The van der Waals surface area contributed by atoms with Gasteiger partial charge in [-0.1, -0.05) is 31.5 Å². The van der Waals surface area contributed by atoms with Crippen molar-refractivity contribution in [1.29, 1.82) is 0 Å². The van der Waals surface area contributed by atoms with Crippen molar-refractivity contribution < 1.29 is 17.9 Å². The Morgan fingerprint density at radius 1 is 1.11 bits per heavy atom. The quantitative estimate of drug-likeness (QED) is 0.342. The number of pyridine rings is 1. The summed E-state index contributed by atoms with van der Waals surface area (Å²) in [6, 6.07) is 6.96. The van der Waals surface area contributed by atoms with Gasteiger partial charge < -0.3 is 10.5 Å². The van der Waals surface area contributed by atoms with Crippen LogP contribution in [0.3, 0.4) is 0 Å². The number of amides is 1. The molecule has 0 spiro atoms. The van der Waals surface area contributed by atoms with Crippen LogP contribution in [0.4, 0.5) is 5.82 Å². The lowest BCUT2D eigenvalue weighted by atomic mass is 10.1. The van der Waals surface area contributed by atoms with Gasteiger partial charge in [0, 0.05) is 30.7 Å². The van der Waals surface area contributed by atoms with Gasteiger partial charge in [-0.2, -0.15) is 13.5 Å². The monoisotopic (exact) mass is 535 g/mol. The zero-order valence-corrected chi connectivity index (χ0v) is 22.6. The van der Waals surface area contributed by atoms with E-state index >= 15 is 0 Å². The maximum absolute atomic E-state index is 13.2. The molecule has 0 unspecified atom stereocenters. The van der Waals surface area contributed by atoms with Gasteiger partial charge in [-0.15, -0.1) is 0 Å². The first-order valence-corrected chi connectivity index (χ1v) is 13.4. The predicted molar refractivity (Wildman–Crippen MR) is 142 cm³/mol. The molecule has 3 N–H and O–H groups in total. The molecule has 0 radical (unpaired) electrons. The molecule has 38 heavy (non-hydrogen) atoms. The summed E-state index contributed by atoms with van der Waals surface area (Å²) in [6.45, 7) is 10.7. The number of aromatic nitrogens is 5. The third-order valence-corrected chi connectivity index (χ3v) is 6.84. The topological polar surface area (TPSA) is 155 Å². The number of aryl methyl sites for hydroxylation is 3. The summed E-state index contributed by atoms with van der Waals surface area (Å²) in [5.41, 5.74) is 9.54. The molecule has 3 aromatic heterocycles. The van der Waals surface area contributed by atoms with E-state index in [9.17, 15) is 13.2 Å². The van der Waals surface area contributed by atoms with Gasteiger partial charge in [-0.25, -0.2) is 19.7 Å². The van der Waals surface area contributed by atoms with E-state index in [-0.39, 0.29) is 17.3 Å². The Morgan fingerprint density at radius 3 is 2.45 bits per heavy atom. The molecule has 12 heteroatoms. The number of sulfonamides is 1. The molecular weight excluding hydrogens is 506 g/mol. The van der Waals surface area contributed by atoms with E-state index < -0.39 is 21.0 Å². The standard InChI is InChI=1S/C26H29N7O4S/c1-15(2)13-33-14-19(12-30-33)21-7-6-20(24(34)32-38(35,36)26-23(27)28-8-9-29-26)25(31-21)37-22-17(4)10-16(3)11-18(22)5/h6-12,14-15H,13H2,1-5H3,(H2,27,28)(H,32,34). The molecule has 0 saturated carbocycles. The first-order valence-electron chi connectivity index (χ1n) is 11.9. The summed E-state index contributed by atoms with van der Waals surface area (Å²) >= 11 is 0. The highest BCUT2D eigenvalue weighted by atomic mass is 32.2. The van der Waals surface area contributed by atoms with E-state index in [0.717, 1.165) is 28.8 Å². The Bertz CT molecular complexity index is 1590. The summed E-state index contributed by atoms with van der Waals surface area (Å²) in [6.07, 6.45) is 5.95. The highest BCUT2D eigenvalue weighted by molar-refractivity contribution is 7.90. The van der Waals surface area contributed by atoms with Gasteiger partial charge in [-0.3, -0.25) is 9.48 Å².